The number of ketones is 1. The molecule has 0 bridgehead atoms. The molecule has 2 heteroatoms. The van der Waals surface area contributed by atoms with E-state index in [2.05, 4.69) is 20.8 Å². The molecule has 0 aromatic heterocycles. The van der Waals surface area contributed by atoms with Gasteiger partial charge in [-0.3, -0.25) is 4.79 Å². The van der Waals surface area contributed by atoms with Crippen molar-refractivity contribution in [1.82, 2.24) is 0 Å². The highest BCUT2D eigenvalue weighted by Gasteiger charge is 2.33. The molecule has 0 saturated heterocycles. The highest BCUT2D eigenvalue weighted by Crippen LogP contribution is 2.39. The SMILES string of the molecule is CC1CC(OCC(=O)C2CCCC2)CC(C)(C)C1. The van der Waals surface area contributed by atoms with E-state index in [1.807, 2.05) is 0 Å². The second-order valence-corrected chi connectivity index (χ2v) is 7.29. The van der Waals surface area contributed by atoms with E-state index in [9.17, 15) is 4.79 Å². The fraction of sp³-hybridized carbons (Fsp3) is 0.938. The summed E-state index contributed by atoms with van der Waals surface area (Å²) in [6.07, 6.45) is 8.45. The summed E-state index contributed by atoms with van der Waals surface area (Å²) in [6.45, 7) is 7.30. The highest BCUT2D eigenvalue weighted by molar-refractivity contribution is 5.82. The van der Waals surface area contributed by atoms with Crippen LogP contribution in [0.2, 0.25) is 0 Å². The van der Waals surface area contributed by atoms with E-state index in [-0.39, 0.29) is 0 Å². The van der Waals surface area contributed by atoms with E-state index in [0.717, 1.165) is 31.6 Å². The molecular weight excluding hydrogens is 224 g/mol. The first-order valence-electron chi connectivity index (χ1n) is 7.60. The van der Waals surface area contributed by atoms with Gasteiger partial charge in [-0.1, -0.05) is 33.6 Å². The van der Waals surface area contributed by atoms with Crippen LogP contribution in [0.4, 0.5) is 0 Å². The van der Waals surface area contributed by atoms with E-state index < -0.39 is 0 Å². The maximum absolute atomic E-state index is 12.0. The lowest BCUT2D eigenvalue weighted by Crippen LogP contribution is -2.34. The lowest BCUT2D eigenvalue weighted by atomic mass is 9.71. The molecule has 0 spiro atoms. The van der Waals surface area contributed by atoms with Crippen molar-refractivity contribution in [2.45, 2.75) is 71.8 Å². The molecule has 2 saturated carbocycles. The summed E-state index contributed by atoms with van der Waals surface area (Å²) in [5, 5.41) is 0. The van der Waals surface area contributed by atoms with Gasteiger partial charge in [-0.25, -0.2) is 0 Å². The fourth-order valence-corrected chi connectivity index (χ4v) is 3.95. The summed E-state index contributed by atoms with van der Waals surface area (Å²) in [6, 6.07) is 0. The fourth-order valence-electron chi connectivity index (χ4n) is 3.95. The summed E-state index contributed by atoms with van der Waals surface area (Å²) in [5.41, 5.74) is 0.374. The van der Waals surface area contributed by atoms with Gasteiger partial charge in [-0.05, 0) is 43.4 Å². The minimum absolute atomic E-state index is 0.300. The van der Waals surface area contributed by atoms with Gasteiger partial charge in [0.2, 0.25) is 0 Å². The van der Waals surface area contributed by atoms with Crippen LogP contribution in [0, 0.1) is 17.3 Å². The van der Waals surface area contributed by atoms with Gasteiger partial charge in [0, 0.05) is 5.92 Å². The molecule has 0 aliphatic heterocycles. The van der Waals surface area contributed by atoms with E-state index in [4.69, 9.17) is 4.74 Å². The van der Waals surface area contributed by atoms with E-state index in [1.165, 1.54) is 19.3 Å². The molecule has 0 amide bonds. The Bertz CT molecular complexity index is 289. The van der Waals surface area contributed by atoms with Crippen LogP contribution in [-0.2, 0) is 9.53 Å². The van der Waals surface area contributed by atoms with Crippen LogP contribution in [0.5, 0.6) is 0 Å². The van der Waals surface area contributed by atoms with Gasteiger partial charge in [0.05, 0.1) is 6.10 Å². The molecule has 2 rings (SSSR count). The Balaban J connectivity index is 1.77. The lowest BCUT2D eigenvalue weighted by Gasteiger charge is -2.38. The van der Waals surface area contributed by atoms with Crippen molar-refractivity contribution >= 4 is 5.78 Å². The Morgan fingerprint density at radius 1 is 1.22 bits per heavy atom. The molecule has 2 fully saturated rings. The molecule has 0 aromatic rings. The van der Waals surface area contributed by atoms with Crippen molar-refractivity contribution in [3.05, 3.63) is 0 Å². The smallest absolute Gasteiger partial charge is 0.161 e. The number of ether oxygens (including phenoxy) is 1. The summed E-state index contributed by atoms with van der Waals surface area (Å²) in [4.78, 5) is 12.0. The minimum atomic E-state index is 0.300. The molecule has 0 aromatic carbocycles. The Hall–Kier alpha value is -0.370. The Labute approximate surface area is 111 Å². The number of carbonyl (C=O) groups is 1. The zero-order valence-corrected chi connectivity index (χ0v) is 12.2. The zero-order chi connectivity index (χ0) is 13.2. The van der Waals surface area contributed by atoms with Crippen molar-refractivity contribution in [2.75, 3.05) is 6.61 Å². The Morgan fingerprint density at radius 2 is 1.89 bits per heavy atom. The van der Waals surface area contributed by atoms with Crippen molar-refractivity contribution in [3.8, 4) is 0 Å². The largest absolute Gasteiger partial charge is 0.370 e. The van der Waals surface area contributed by atoms with Crippen LogP contribution < -0.4 is 0 Å². The predicted octanol–water partition coefficient (Wildman–Crippen LogP) is 3.98. The Kier molecular flexibility index (Phi) is 4.47. The first kappa shape index (κ1) is 14.0. The maximum Gasteiger partial charge on any atom is 0.161 e. The maximum atomic E-state index is 12.0. The van der Waals surface area contributed by atoms with Gasteiger partial charge < -0.3 is 4.74 Å². The topological polar surface area (TPSA) is 26.3 Å². The molecule has 0 radical (unpaired) electrons. The first-order valence-corrected chi connectivity index (χ1v) is 7.60. The molecule has 0 heterocycles. The third-order valence-corrected chi connectivity index (χ3v) is 4.62. The second kappa shape index (κ2) is 5.73. The average molecular weight is 252 g/mol. The van der Waals surface area contributed by atoms with E-state index in [1.54, 1.807) is 0 Å². The van der Waals surface area contributed by atoms with Gasteiger partial charge >= 0.3 is 0 Å². The number of hydrogen-bond donors (Lipinski definition) is 0. The molecule has 2 aliphatic rings. The summed E-state index contributed by atoms with van der Waals surface area (Å²) in [7, 11) is 0. The molecule has 2 unspecified atom stereocenters. The van der Waals surface area contributed by atoms with Crippen LogP contribution in [0.1, 0.15) is 65.7 Å². The monoisotopic (exact) mass is 252 g/mol. The van der Waals surface area contributed by atoms with Crippen molar-refractivity contribution in [3.63, 3.8) is 0 Å². The number of rotatable bonds is 4. The molecule has 2 aliphatic carbocycles. The van der Waals surface area contributed by atoms with Gasteiger partial charge in [0.1, 0.15) is 6.61 Å². The van der Waals surface area contributed by atoms with Gasteiger partial charge in [0.25, 0.3) is 0 Å². The second-order valence-electron chi connectivity index (χ2n) is 7.29. The zero-order valence-electron chi connectivity index (χ0n) is 12.2. The molecule has 104 valence electrons. The van der Waals surface area contributed by atoms with Crippen LogP contribution in [0.15, 0.2) is 0 Å². The number of hydrogen-bond acceptors (Lipinski definition) is 2. The van der Waals surface area contributed by atoms with Crippen LogP contribution in [-0.4, -0.2) is 18.5 Å². The first-order chi connectivity index (χ1) is 8.46. The molecule has 2 nitrogen and oxygen atoms in total. The molecule has 2 atom stereocenters. The lowest BCUT2D eigenvalue weighted by molar-refractivity contribution is -0.131. The Morgan fingerprint density at radius 3 is 2.50 bits per heavy atom. The van der Waals surface area contributed by atoms with E-state index >= 15 is 0 Å². The van der Waals surface area contributed by atoms with Crippen molar-refractivity contribution < 1.29 is 9.53 Å². The molecular formula is C16H28O2. The highest BCUT2D eigenvalue weighted by atomic mass is 16.5. The number of Topliss-reactive ketones (excluding diaryl/α,β-unsaturated/α-hetero) is 1. The standard InChI is InChI=1S/C16H28O2/c1-12-8-14(10-16(2,3)9-12)18-11-15(17)13-6-4-5-7-13/h12-14H,4-11H2,1-3H3. The third kappa shape index (κ3) is 3.81. The molecule has 0 N–H and O–H groups in total. The van der Waals surface area contributed by atoms with Gasteiger partial charge in [0.15, 0.2) is 5.78 Å². The van der Waals surface area contributed by atoms with Crippen molar-refractivity contribution in [1.29, 1.82) is 0 Å². The summed E-state index contributed by atoms with van der Waals surface area (Å²) < 4.78 is 5.91. The third-order valence-electron chi connectivity index (χ3n) is 4.62. The van der Waals surface area contributed by atoms with E-state index in [0.29, 0.717) is 29.8 Å². The van der Waals surface area contributed by atoms with Gasteiger partial charge in [-0.2, -0.15) is 0 Å². The van der Waals surface area contributed by atoms with Crippen LogP contribution >= 0.6 is 0 Å². The van der Waals surface area contributed by atoms with Crippen LogP contribution in [0.25, 0.3) is 0 Å². The average Bonchev–Trinajstić information content (AvgIpc) is 2.76. The summed E-state index contributed by atoms with van der Waals surface area (Å²) >= 11 is 0. The number of carbonyl (C=O) groups excluding carboxylic acids is 1. The normalized spacial score (nSPS) is 32.6. The quantitative estimate of drug-likeness (QED) is 0.756. The molecule has 18 heavy (non-hydrogen) atoms. The van der Waals surface area contributed by atoms with Crippen LogP contribution in [0.3, 0.4) is 0 Å². The minimum Gasteiger partial charge on any atom is -0.370 e. The van der Waals surface area contributed by atoms with Crippen molar-refractivity contribution in [2.24, 2.45) is 17.3 Å². The predicted molar refractivity (Wildman–Crippen MR) is 73.5 cm³/mol. The summed E-state index contributed by atoms with van der Waals surface area (Å²) in [5.74, 6) is 1.38. The van der Waals surface area contributed by atoms with Gasteiger partial charge in [-0.15, -0.1) is 0 Å².